The van der Waals surface area contributed by atoms with Crippen LogP contribution < -0.4 is 5.56 Å². The highest BCUT2D eigenvalue weighted by Gasteiger charge is 2.05. The topological polar surface area (TPSA) is 45.8 Å². The molecule has 0 atom stereocenters. The Bertz CT molecular complexity index is 746. The van der Waals surface area contributed by atoms with Gasteiger partial charge in [0.2, 0.25) is 0 Å². The number of hydrogen-bond donors (Lipinski definition) is 1. The second-order valence-electron chi connectivity index (χ2n) is 3.96. The Balaban J connectivity index is 1.99. The zero-order chi connectivity index (χ0) is 12.5. The summed E-state index contributed by atoms with van der Waals surface area (Å²) < 4.78 is 0. The second kappa shape index (κ2) is 4.55. The molecule has 0 saturated carbocycles. The lowest BCUT2D eigenvalue weighted by atomic mass is 10.1. The van der Waals surface area contributed by atoms with Gasteiger partial charge in [-0.15, -0.1) is 11.3 Å². The number of aromatic nitrogens is 2. The van der Waals surface area contributed by atoms with Crippen molar-refractivity contribution in [2.45, 2.75) is 6.42 Å². The Morgan fingerprint density at radius 1 is 1.22 bits per heavy atom. The highest BCUT2D eigenvalue weighted by Crippen LogP contribution is 2.16. The number of hydrogen-bond acceptors (Lipinski definition) is 3. The average Bonchev–Trinajstić information content (AvgIpc) is 2.81. The summed E-state index contributed by atoms with van der Waals surface area (Å²) in [6.45, 7) is 0. The number of nitrogens with one attached hydrogen (secondary N) is 1. The first kappa shape index (κ1) is 11.4. The molecular weight excluding hydrogens is 268 g/mol. The van der Waals surface area contributed by atoms with E-state index in [0.29, 0.717) is 22.7 Å². The minimum absolute atomic E-state index is 0.0785. The van der Waals surface area contributed by atoms with Gasteiger partial charge in [-0.2, -0.15) is 0 Å². The van der Waals surface area contributed by atoms with Gasteiger partial charge in [-0.05, 0) is 29.1 Å². The van der Waals surface area contributed by atoms with Crippen LogP contribution in [0.4, 0.5) is 0 Å². The number of nitrogens with zero attached hydrogens (tertiary/aromatic N) is 1. The molecule has 0 radical (unpaired) electrons. The van der Waals surface area contributed by atoms with E-state index in [-0.39, 0.29) is 5.56 Å². The number of fused-ring (bicyclic) bond motifs is 1. The predicted molar refractivity (Wildman–Crippen MR) is 74.5 cm³/mol. The molecule has 5 heteroatoms. The predicted octanol–water partition coefficient (Wildman–Crippen LogP) is 3.23. The highest BCUT2D eigenvalue weighted by atomic mass is 35.5. The summed E-state index contributed by atoms with van der Waals surface area (Å²) >= 11 is 7.31. The van der Waals surface area contributed by atoms with Crippen molar-refractivity contribution in [1.29, 1.82) is 0 Å². The number of aromatic amines is 1. The van der Waals surface area contributed by atoms with Crippen LogP contribution in [0.25, 0.3) is 10.2 Å². The summed E-state index contributed by atoms with van der Waals surface area (Å²) in [5, 5.41) is 3.23. The molecular formula is C13H9ClN2OS. The van der Waals surface area contributed by atoms with E-state index in [1.807, 2.05) is 29.6 Å². The van der Waals surface area contributed by atoms with Gasteiger partial charge in [0.15, 0.2) is 0 Å². The van der Waals surface area contributed by atoms with Crippen LogP contribution in [0.1, 0.15) is 11.4 Å². The average molecular weight is 277 g/mol. The number of H-pyrrole nitrogens is 1. The van der Waals surface area contributed by atoms with Gasteiger partial charge >= 0.3 is 0 Å². The summed E-state index contributed by atoms with van der Waals surface area (Å²) in [5.74, 6) is 0.678. The maximum absolute atomic E-state index is 11.8. The molecule has 1 aromatic carbocycles. The maximum atomic E-state index is 11.8. The molecule has 18 heavy (non-hydrogen) atoms. The van der Waals surface area contributed by atoms with Crippen LogP contribution in [0.3, 0.4) is 0 Å². The lowest BCUT2D eigenvalue weighted by Gasteiger charge is -2.01. The minimum Gasteiger partial charge on any atom is -0.310 e. The largest absolute Gasteiger partial charge is 0.310 e. The monoisotopic (exact) mass is 276 g/mol. The summed E-state index contributed by atoms with van der Waals surface area (Å²) in [7, 11) is 0. The molecule has 0 aliphatic carbocycles. The van der Waals surface area contributed by atoms with Crippen molar-refractivity contribution in [1.82, 2.24) is 9.97 Å². The molecule has 0 unspecified atom stereocenters. The van der Waals surface area contributed by atoms with E-state index in [4.69, 9.17) is 11.6 Å². The quantitative estimate of drug-likeness (QED) is 0.781. The molecule has 3 aromatic rings. The molecule has 0 aliphatic rings. The fourth-order valence-corrected chi connectivity index (χ4v) is 2.70. The minimum atomic E-state index is -0.0785. The van der Waals surface area contributed by atoms with Crippen molar-refractivity contribution in [3.8, 4) is 0 Å². The Hall–Kier alpha value is -1.65. The summed E-state index contributed by atoms with van der Waals surface area (Å²) in [5.41, 5.74) is 0.990. The van der Waals surface area contributed by atoms with Gasteiger partial charge in [-0.1, -0.05) is 23.7 Å². The molecule has 0 fully saturated rings. The lowest BCUT2D eigenvalue weighted by molar-refractivity contribution is 0.977. The first-order valence-corrected chi connectivity index (χ1v) is 6.69. The van der Waals surface area contributed by atoms with Gasteiger partial charge in [0.05, 0.1) is 5.39 Å². The maximum Gasteiger partial charge on any atom is 0.259 e. The first-order chi connectivity index (χ1) is 8.72. The van der Waals surface area contributed by atoms with E-state index < -0.39 is 0 Å². The molecule has 3 nitrogen and oxygen atoms in total. The van der Waals surface area contributed by atoms with Gasteiger partial charge in [0, 0.05) is 11.4 Å². The molecule has 2 aromatic heterocycles. The van der Waals surface area contributed by atoms with E-state index in [2.05, 4.69) is 9.97 Å². The van der Waals surface area contributed by atoms with E-state index in [1.54, 1.807) is 6.07 Å². The Morgan fingerprint density at radius 3 is 2.78 bits per heavy atom. The van der Waals surface area contributed by atoms with Gasteiger partial charge in [-0.25, -0.2) is 4.98 Å². The van der Waals surface area contributed by atoms with Crippen molar-refractivity contribution in [2.75, 3.05) is 0 Å². The molecule has 1 N–H and O–H groups in total. The van der Waals surface area contributed by atoms with E-state index >= 15 is 0 Å². The zero-order valence-electron chi connectivity index (χ0n) is 9.31. The molecule has 0 aliphatic heterocycles. The summed E-state index contributed by atoms with van der Waals surface area (Å²) in [6, 6.07) is 9.32. The Labute approximate surface area is 112 Å². The lowest BCUT2D eigenvalue weighted by Crippen LogP contribution is -2.10. The van der Waals surface area contributed by atoms with Gasteiger partial charge in [-0.3, -0.25) is 4.79 Å². The molecule has 90 valence electrons. The number of thiophene rings is 1. The molecule has 2 heterocycles. The van der Waals surface area contributed by atoms with Crippen molar-refractivity contribution >= 4 is 33.2 Å². The Kier molecular flexibility index (Phi) is 2.89. The van der Waals surface area contributed by atoms with Crippen molar-refractivity contribution < 1.29 is 0 Å². The summed E-state index contributed by atoms with van der Waals surface area (Å²) in [4.78, 5) is 19.8. The number of benzene rings is 1. The molecule has 0 spiro atoms. The van der Waals surface area contributed by atoms with Crippen LogP contribution in [-0.2, 0) is 6.42 Å². The Morgan fingerprint density at radius 2 is 2.00 bits per heavy atom. The SMILES string of the molecule is O=c1[nH]c(Cc2ccc(Cl)cc2)nc2sccc12. The van der Waals surface area contributed by atoms with Crippen molar-refractivity contribution in [3.63, 3.8) is 0 Å². The van der Waals surface area contributed by atoms with E-state index in [0.717, 1.165) is 10.4 Å². The molecule has 0 bridgehead atoms. The normalized spacial score (nSPS) is 10.9. The molecule has 0 saturated heterocycles. The standard InChI is InChI=1S/C13H9ClN2OS/c14-9-3-1-8(2-4-9)7-11-15-12(17)10-5-6-18-13(10)16-11/h1-6H,7H2,(H,15,16,17). The highest BCUT2D eigenvalue weighted by molar-refractivity contribution is 7.16. The van der Waals surface area contributed by atoms with Crippen LogP contribution >= 0.6 is 22.9 Å². The molecule has 0 amide bonds. The van der Waals surface area contributed by atoms with E-state index in [1.165, 1.54) is 11.3 Å². The van der Waals surface area contributed by atoms with Gasteiger partial charge in [0.1, 0.15) is 10.7 Å². The van der Waals surface area contributed by atoms with Crippen LogP contribution in [0.5, 0.6) is 0 Å². The van der Waals surface area contributed by atoms with Crippen LogP contribution in [0, 0.1) is 0 Å². The third kappa shape index (κ3) is 2.17. The third-order valence-corrected chi connectivity index (χ3v) is 3.73. The fourth-order valence-electron chi connectivity index (χ4n) is 1.79. The molecule has 3 rings (SSSR count). The van der Waals surface area contributed by atoms with Gasteiger partial charge in [0.25, 0.3) is 5.56 Å². The number of halogens is 1. The fraction of sp³-hybridized carbons (Fsp3) is 0.0769. The zero-order valence-corrected chi connectivity index (χ0v) is 10.9. The van der Waals surface area contributed by atoms with Crippen LogP contribution in [0.15, 0.2) is 40.5 Å². The van der Waals surface area contributed by atoms with Crippen LogP contribution in [-0.4, -0.2) is 9.97 Å². The van der Waals surface area contributed by atoms with Gasteiger partial charge < -0.3 is 4.98 Å². The smallest absolute Gasteiger partial charge is 0.259 e. The van der Waals surface area contributed by atoms with Crippen molar-refractivity contribution in [2.24, 2.45) is 0 Å². The van der Waals surface area contributed by atoms with Crippen molar-refractivity contribution in [3.05, 3.63) is 62.5 Å². The third-order valence-electron chi connectivity index (χ3n) is 2.67. The van der Waals surface area contributed by atoms with Crippen LogP contribution in [0.2, 0.25) is 5.02 Å². The van der Waals surface area contributed by atoms with E-state index in [9.17, 15) is 4.79 Å². The first-order valence-electron chi connectivity index (χ1n) is 5.43. The second-order valence-corrected chi connectivity index (χ2v) is 5.29. The number of rotatable bonds is 2. The summed E-state index contributed by atoms with van der Waals surface area (Å²) in [6.07, 6.45) is 0.597.